The van der Waals surface area contributed by atoms with E-state index >= 15 is 0 Å². The number of carbonyl (C=O) groups is 1. The van der Waals surface area contributed by atoms with E-state index in [9.17, 15) is 4.79 Å². The topological polar surface area (TPSA) is 82.2 Å². The molecule has 90 valence electrons. The third kappa shape index (κ3) is 3.04. The van der Waals surface area contributed by atoms with E-state index in [1.807, 2.05) is 14.0 Å². The number of ether oxygens (including phenoxy) is 1. The van der Waals surface area contributed by atoms with Crippen molar-refractivity contribution < 1.29 is 9.53 Å². The summed E-state index contributed by atoms with van der Waals surface area (Å²) in [6.45, 7) is 2.95. The number of hydrogen-bond donors (Lipinski definition) is 2. The van der Waals surface area contributed by atoms with E-state index in [0.29, 0.717) is 13.2 Å². The molecule has 0 radical (unpaired) electrons. The number of carbonyl (C=O) groups excluding carboxylic acids is 1. The number of methoxy groups -OCH3 is 1. The van der Waals surface area contributed by atoms with Crippen molar-refractivity contribution >= 4 is 5.91 Å². The zero-order valence-corrected chi connectivity index (χ0v) is 9.86. The molecule has 0 bridgehead atoms. The van der Waals surface area contributed by atoms with Crippen molar-refractivity contribution in [1.29, 1.82) is 0 Å². The van der Waals surface area contributed by atoms with Gasteiger partial charge in [0.2, 0.25) is 5.91 Å². The Morgan fingerprint density at radius 1 is 1.75 bits per heavy atom. The number of aromatic nitrogens is 2. The maximum atomic E-state index is 11.3. The maximum absolute atomic E-state index is 11.3. The molecule has 0 aliphatic carbocycles. The van der Waals surface area contributed by atoms with Gasteiger partial charge in [-0.05, 0) is 6.92 Å². The number of rotatable bonds is 6. The molecule has 0 aromatic carbocycles. The van der Waals surface area contributed by atoms with Crippen LogP contribution in [0.15, 0.2) is 6.20 Å². The first-order chi connectivity index (χ1) is 7.56. The summed E-state index contributed by atoms with van der Waals surface area (Å²) >= 11 is 0. The van der Waals surface area contributed by atoms with E-state index in [1.165, 1.54) is 0 Å². The Balaban J connectivity index is 2.77. The van der Waals surface area contributed by atoms with Gasteiger partial charge in [-0.15, -0.1) is 0 Å². The van der Waals surface area contributed by atoms with Crippen LogP contribution in [0.1, 0.15) is 17.3 Å². The Kier molecular flexibility index (Phi) is 4.45. The molecule has 3 N–H and O–H groups in total. The number of nitrogens with two attached hydrogens (primary N) is 1. The van der Waals surface area contributed by atoms with Gasteiger partial charge in [-0.2, -0.15) is 5.10 Å². The zero-order valence-electron chi connectivity index (χ0n) is 9.86. The van der Waals surface area contributed by atoms with Crippen LogP contribution in [0.3, 0.4) is 0 Å². The second-order valence-corrected chi connectivity index (χ2v) is 3.63. The highest BCUT2D eigenvalue weighted by molar-refractivity contribution is 5.81. The van der Waals surface area contributed by atoms with Crippen LogP contribution in [-0.4, -0.2) is 35.9 Å². The van der Waals surface area contributed by atoms with Crippen molar-refractivity contribution in [2.45, 2.75) is 13.0 Å². The second-order valence-electron chi connectivity index (χ2n) is 3.63. The molecule has 0 aliphatic heterocycles. The van der Waals surface area contributed by atoms with E-state index in [4.69, 9.17) is 10.5 Å². The minimum absolute atomic E-state index is 0.410. The molecule has 0 saturated heterocycles. The fourth-order valence-corrected chi connectivity index (χ4v) is 1.57. The van der Waals surface area contributed by atoms with Gasteiger partial charge in [0.05, 0.1) is 12.3 Å². The number of hydrogen-bond acceptors (Lipinski definition) is 4. The first kappa shape index (κ1) is 12.7. The summed E-state index contributed by atoms with van der Waals surface area (Å²) in [6, 6.07) is -0.510. The Bertz CT molecular complexity index is 362. The summed E-state index contributed by atoms with van der Waals surface area (Å²) in [4.78, 5) is 11.3. The molecule has 6 nitrogen and oxygen atoms in total. The van der Waals surface area contributed by atoms with Crippen LogP contribution in [0.2, 0.25) is 0 Å². The van der Waals surface area contributed by atoms with Gasteiger partial charge in [0, 0.05) is 32.5 Å². The van der Waals surface area contributed by atoms with Gasteiger partial charge in [-0.25, -0.2) is 0 Å². The normalized spacial score (nSPS) is 12.7. The molecule has 0 spiro atoms. The maximum Gasteiger partial charge on any atom is 0.239 e. The molecule has 0 fully saturated rings. The van der Waals surface area contributed by atoms with Crippen molar-refractivity contribution in [2.75, 3.05) is 20.3 Å². The summed E-state index contributed by atoms with van der Waals surface area (Å²) in [5.41, 5.74) is 6.96. The monoisotopic (exact) mass is 226 g/mol. The number of amides is 1. The van der Waals surface area contributed by atoms with Crippen LogP contribution in [-0.2, 0) is 16.6 Å². The first-order valence-corrected chi connectivity index (χ1v) is 5.08. The van der Waals surface area contributed by atoms with E-state index in [-0.39, 0.29) is 0 Å². The van der Waals surface area contributed by atoms with Gasteiger partial charge < -0.3 is 10.5 Å². The van der Waals surface area contributed by atoms with Crippen molar-refractivity contribution in [1.82, 2.24) is 15.1 Å². The van der Waals surface area contributed by atoms with Crippen LogP contribution in [0, 0.1) is 6.92 Å². The van der Waals surface area contributed by atoms with Crippen molar-refractivity contribution in [2.24, 2.45) is 12.8 Å². The summed E-state index contributed by atoms with van der Waals surface area (Å²) in [5.74, 6) is -0.410. The SMILES string of the molecule is COCCNC(C(N)=O)c1cn(C)nc1C. The summed E-state index contributed by atoms with van der Waals surface area (Å²) in [6.07, 6.45) is 1.80. The largest absolute Gasteiger partial charge is 0.383 e. The minimum Gasteiger partial charge on any atom is -0.383 e. The van der Waals surface area contributed by atoms with Gasteiger partial charge in [0.25, 0.3) is 0 Å². The highest BCUT2D eigenvalue weighted by Gasteiger charge is 2.20. The number of aryl methyl sites for hydroxylation is 2. The minimum atomic E-state index is -0.510. The second kappa shape index (κ2) is 5.62. The van der Waals surface area contributed by atoms with Crippen LogP contribution < -0.4 is 11.1 Å². The Morgan fingerprint density at radius 3 is 2.88 bits per heavy atom. The first-order valence-electron chi connectivity index (χ1n) is 5.08. The molecule has 1 aromatic rings. The van der Waals surface area contributed by atoms with Crippen LogP contribution in [0.5, 0.6) is 0 Å². The standard InChI is InChI=1S/C10H18N4O2/c1-7-8(6-14(2)13-7)9(10(11)15)12-4-5-16-3/h6,9,12H,4-5H2,1-3H3,(H2,11,15). The van der Waals surface area contributed by atoms with Crippen molar-refractivity contribution in [3.63, 3.8) is 0 Å². The van der Waals surface area contributed by atoms with Crippen molar-refractivity contribution in [3.8, 4) is 0 Å². The predicted octanol–water partition coefficient (Wildman–Crippen LogP) is -0.509. The molecular formula is C10H18N4O2. The van der Waals surface area contributed by atoms with Gasteiger partial charge >= 0.3 is 0 Å². The molecule has 1 heterocycles. The van der Waals surface area contributed by atoms with E-state index < -0.39 is 11.9 Å². The smallest absolute Gasteiger partial charge is 0.239 e. The predicted molar refractivity (Wildman–Crippen MR) is 59.8 cm³/mol. The fourth-order valence-electron chi connectivity index (χ4n) is 1.57. The van der Waals surface area contributed by atoms with Crippen molar-refractivity contribution in [3.05, 3.63) is 17.5 Å². The Labute approximate surface area is 94.8 Å². The Hall–Kier alpha value is -1.40. The highest BCUT2D eigenvalue weighted by Crippen LogP contribution is 2.15. The molecule has 0 saturated carbocycles. The highest BCUT2D eigenvalue weighted by atomic mass is 16.5. The van der Waals surface area contributed by atoms with Gasteiger partial charge in [-0.3, -0.25) is 14.8 Å². The summed E-state index contributed by atoms with van der Waals surface area (Å²) in [7, 11) is 3.42. The summed E-state index contributed by atoms with van der Waals surface area (Å²) in [5, 5.41) is 7.22. The molecule has 1 aromatic heterocycles. The van der Waals surface area contributed by atoms with E-state index in [2.05, 4.69) is 10.4 Å². The lowest BCUT2D eigenvalue weighted by molar-refractivity contribution is -0.120. The number of nitrogens with zero attached hydrogens (tertiary/aromatic N) is 2. The van der Waals surface area contributed by atoms with Gasteiger partial charge in [0.15, 0.2) is 0 Å². The Morgan fingerprint density at radius 2 is 2.44 bits per heavy atom. The average Bonchev–Trinajstić information content (AvgIpc) is 2.52. The van der Waals surface area contributed by atoms with Gasteiger partial charge in [0.1, 0.15) is 6.04 Å². The third-order valence-electron chi connectivity index (χ3n) is 2.30. The molecule has 0 aliphatic rings. The van der Waals surface area contributed by atoms with Crippen LogP contribution in [0.4, 0.5) is 0 Å². The average molecular weight is 226 g/mol. The molecule has 16 heavy (non-hydrogen) atoms. The molecular weight excluding hydrogens is 208 g/mol. The molecule has 6 heteroatoms. The van der Waals surface area contributed by atoms with Gasteiger partial charge in [-0.1, -0.05) is 0 Å². The van der Waals surface area contributed by atoms with E-state index in [0.717, 1.165) is 11.3 Å². The number of primary amides is 1. The third-order valence-corrected chi connectivity index (χ3v) is 2.30. The van der Waals surface area contributed by atoms with E-state index in [1.54, 1.807) is 18.0 Å². The molecule has 1 atom stereocenters. The lowest BCUT2D eigenvalue weighted by atomic mass is 10.1. The summed E-state index contributed by atoms with van der Waals surface area (Å²) < 4.78 is 6.57. The quantitative estimate of drug-likeness (QED) is 0.640. The fraction of sp³-hybridized carbons (Fsp3) is 0.600. The molecule has 1 unspecified atom stereocenters. The lowest BCUT2D eigenvalue weighted by Gasteiger charge is -2.14. The van der Waals surface area contributed by atoms with Crippen LogP contribution >= 0.6 is 0 Å². The lowest BCUT2D eigenvalue weighted by Crippen LogP contribution is -2.35. The number of nitrogens with one attached hydrogen (secondary N) is 1. The molecule has 1 rings (SSSR count). The molecule has 1 amide bonds. The van der Waals surface area contributed by atoms with Crippen LogP contribution in [0.25, 0.3) is 0 Å². The zero-order chi connectivity index (χ0) is 12.1.